The van der Waals surface area contributed by atoms with Crippen LogP contribution in [0.3, 0.4) is 0 Å². The minimum atomic E-state index is -0.344. The van der Waals surface area contributed by atoms with E-state index in [9.17, 15) is 4.79 Å². The number of aryl methyl sites for hydroxylation is 1. The van der Waals surface area contributed by atoms with Gasteiger partial charge in [-0.3, -0.25) is 0 Å². The SMILES string of the molecule is CCCCCc1ccc(Oc2ccc(C(=O)OC)cc2)cc1. The molecule has 0 aromatic heterocycles. The Labute approximate surface area is 131 Å². The zero-order chi connectivity index (χ0) is 15.8. The van der Waals surface area contributed by atoms with Crippen molar-refractivity contribution >= 4 is 5.97 Å². The van der Waals surface area contributed by atoms with Gasteiger partial charge in [0.2, 0.25) is 0 Å². The summed E-state index contributed by atoms with van der Waals surface area (Å²) in [5.41, 5.74) is 1.85. The zero-order valence-electron chi connectivity index (χ0n) is 13.2. The molecule has 0 saturated heterocycles. The first-order chi connectivity index (χ1) is 10.7. The van der Waals surface area contributed by atoms with Gasteiger partial charge in [-0.2, -0.15) is 0 Å². The van der Waals surface area contributed by atoms with E-state index in [2.05, 4.69) is 23.8 Å². The fourth-order valence-electron chi connectivity index (χ4n) is 2.22. The average molecular weight is 298 g/mol. The Bertz CT molecular complexity index is 585. The Morgan fingerprint density at radius 1 is 0.909 bits per heavy atom. The van der Waals surface area contributed by atoms with Gasteiger partial charge >= 0.3 is 5.97 Å². The van der Waals surface area contributed by atoms with Gasteiger partial charge in [-0.1, -0.05) is 31.9 Å². The summed E-state index contributed by atoms with van der Waals surface area (Å²) in [7, 11) is 1.37. The molecule has 0 atom stereocenters. The van der Waals surface area contributed by atoms with Crippen molar-refractivity contribution in [3.05, 3.63) is 59.7 Å². The van der Waals surface area contributed by atoms with Crippen molar-refractivity contribution in [2.75, 3.05) is 7.11 Å². The second-order valence-electron chi connectivity index (χ2n) is 5.22. The summed E-state index contributed by atoms with van der Waals surface area (Å²) in [6, 6.07) is 15.1. The number of hydrogen-bond donors (Lipinski definition) is 0. The lowest BCUT2D eigenvalue weighted by Crippen LogP contribution is -2.00. The van der Waals surface area contributed by atoms with Gasteiger partial charge in [-0.15, -0.1) is 0 Å². The van der Waals surface area contributed by atoms with Crippen molar-refractivity contribution in [3.8, 4) is 11.5 Å². The van der Waals surface area contributed by atoms with Gasteiger partial charge in [-0.05, 0) is 54.8 Å². The van der Waals surface area contributed by atoms with Gasteiger partial charge in [-0.25, -0.2) is 4.79 Å². The van der Waals surface area contributed by atoms with Gasteiger partial charge in [0.1, 0.15) is 11.5 Å². The van der Waals surface area contributed by atoms with Crippen molar-refractivity contribution in [1.82, 2.24) is 0 Å². The maximum atomic E-state index is 11.4. The number of hydrogen-bond acceptors (Lipinski definition) is 3. The summed E-state index contributed by atoms with van der Waals surface area (Å²) in [6.07, 6.45) is 4.85. The van der Waals surface area contributed by atoms with E-state index in [1.807, 2.05) is 12.1 Å². The standard InChI is InChI=1S/C19H22O3/c1-3-4-5-6-15-7-11-17(12-8-15)22-18-13-9-16(10-14-18)19(20)21-2/h7-14H,3-6H2,1-2H3. The van der Waals surface area contributed by atoms with E-state index < -0.39 is 0 Å². The number of esters is 1. The van der Waals surface area contributed by atoms with Crippen molar-refractivity contribution < 1.29 is 14.3 Å². The molecule has 2 aromatic carbocycles. The molecule has 2 aromatic rings. The Hall–Kier alpha value is -2.29. The molecule has 0 N–H and O–H groups in total. The molecule has 0 amide bonds. The van der Waals surface area contributed by atoms with Crippen LogP contribution in [0.4, 0.5) is 0 Å². The average Bonchev–Trinajstić information content (AvgIpc) is 2.57. The van der Waals surface area contributed by atoms with E-state index in [0.29, 0.717) is 11.3 Å². The van der Waals surface area contributed by atoms with Crippen LogP contribution in [0.5, 0.6) is 11.5 Å². The largest absolute Gasteiger partial charge is 0.465 e. The van der Waals surface area contributed by atoms with E-state index in [1.165, 1.54) is 31.9 Å². The van der Waals surface area contributed by atoms with Gasteiger partial charge < -0.3 is 9.47 Å². The predicted octanol–water partition coefficient (Wildman–Crippen LogP) is 5.00. The van der Waals surface area contributed by atoms with Crippen molar-refractivity contribution in [2.45, 2.75) is 32.6 Å². The van der Waals surface area contributed by atoms with E-state index in [-0.39, 0.29) is 5.97 Å². The van der Waals surface area contributed by atoms with Crippen LogP contribution in [0.1, 0.15) is 42.1 Å². The highest BCUT2D eigenvalue weighted by Crippen LogP contribution is 2.22. The molecular weight excluding hydrogens is 276 g/mol. The smallest absolute Gasteiger partial charge is 0.337 e. The third-order valence-corrected chi connectivity index (χ3v) is 3.50. The van der Waals surface area contributed by atoms with Gasteiger partial charge in [0.15, 0.2) is 0 Å². The summed E-state index contributed by atoms with van der Waals surface area (Å²) < 4.78 is 10.4. The van der Waals surface area contributed by atoms with E-state index >= 15 is 0 Å². The molecule has 0 unspecified atom stereocenters. The van der Waals surface area contributed by atoms with Crippen LogP contribution in [-0.4, -0.2) is 13.1 Å². The van der Waals surface area contributed by atoms with Crippen LogP contribution in [0.25, 0.3) is 0 Å². The normalized spacial score (nSPS) is 10.3. The first-order valence-corrected chi connectivity index (χ1v) is 7.68. The van der Waals surface area contributed by atoms with E-state index in [4.69, 9.17) is 4.74 Å². The fourth-order valence-corrected chi connectivity index (χ4v) is 2.22. The van der Waals surface area contributed by atoms with Crippen LogP contribution in [0, 0.1) is 0 Å². The number of carbonyl (C=O) groups excluding carboxylic acids is 1. The summed E-state index contributed by atoms with van der Waals surface area (Å²) in [5, 5.41) is 0. The molecular formula is C19H22O3. The van der Waals surface area contributed by atoms with Gasteiger partial charge in [0.05, 0.1) is 12.7 Å². The summed E-state index contributed by atoms with van der Waals surface area (Å²) in [6.45, 7) is 2.21. The van der Waals surface area contributed by atoms with Crippen molar-refractivity contribution in [2.24, 2.45) is 0 Å². The van der Waals surface area contributed by atoms with Crippen LogP contribution in [0.15, 0.2) is 48.5 Å². The second kappa shape index (κ2) is 8.23. The predicted molar refractivity (Wildman–Crippen MR) is 87.5 cm³/mol. The Morgan fingerprint density at radius 3 is 2.05 bits per heavy atom. The number of benzene rings is 2. The maximum Gasteiger partial charge on any atom is 0.337 e. The monoisotopic (exact) mass is 298 g/mol. The van der Waals surface area contributed by atoms with Crippen molar-refractivity contribution in [1.29, 1.82) is 0 Å². The second-order valence-corrected chi connectivity index (χ2v) is 5.22. The lowest BCUT2D eigenvalue weighted by atomic mass is 10.1. The Morgan fingerprint density at radius 2 is 1.50 bits per heavy atom. The number of ether oxygens (including phenoxy) is 2. The maximum absolute atomic E-state index is 11.4. The highest BCUT2D eigenvalue weighted by molar-refractivity contribution is 5.89. The zero-order valence-corrected chi connectivity index (χ0v) is 13.2. The highest BCUT2D eigenvalue weighted by atomic mass is 16.5. The van der Waals surface area contributed by atoms with Gasteiger partial charge in [0, 0.05) is 0 Å². The third kappa shape index (κ3) is 4.62. The molecule has 0 spiro atoms. The van der Waals surface area contributed by atoms with Crippen molar-refractivity contribution in [3.63, 3.8) is 0 Å². The summed E-state index contributed by atoms with van der Waals surface area (Å²) in [5.74, 6) is 1.15. The topological polar surface area (TPSA) is 35.5 Å². The van der Waals surface area contributed by atoms with Crippen LogP contribution >= 0.6 is 0 Å². The fraction of sp³-hybridized carbons (Fsp3) is 0.316. The van der Waals surface area contributed by atoms with Crippen LogP contribution in [-0.2, 0) is 11.2 Å². The molecule has 2 rings (SSSR count). The number of carbonyl (C=O) groups is 1. The number of methoxy groups -OCH3 is 1. The third-order valence-electron chi connectivity index (χ3n) is 3.50. The van der Waals surface area contributed by atoms with Gasteiger partial charge in [0.25, 0.3) is 0 Å². The lowest BCUT2D eigenvalue weighted by Gasteiger charge is -2.07. The van der Waals surface area contributed by atoms with Crippen LogP contribution < -0.4 is 4.74 Å². The minimum absolute atomic E-state index is 0.344. The lowest BCUT2D eigenvalue weighted by molar-refractivity contribution is 0.0600. The summed E-state index contributed by atoms with van der Waals surface area (Å²) in [4.78, 5) is 11.4. The molecule has 0 heterocycles. The number of rotatable bonds is 7. The first kappa shape index (κ1) is 16.1. The quantitative estimate of drug-likeness (QED) is 0.533. The molecule has 0 fully saturated rings. The van der Waals surface area contributed by atoms with E-state index in [1.54, 1.807) is 24.3 Å². The van der Waals surface area contributed by atoms with E-state index in [0.717, 1.165) is 12.2 Å². The molecule has 0 aliphatic heterocycles. The molecule has 3 nitrogen and oxygen atoms in total. The molecule has 116 valence electrons. The molecule has 3 heteroatoms. The molecule has 0 radical (unpaired) electrons. The summed E-state index contributed by atoms with van der Waals surface area (Å²) >= 11 is 0. The Kier molecular flexibility index (Phi) is 6.01. The van der Waals surface area contributed by atoms with Crippen LogP contribution in [0.2, 0.25) is 0 Å². The Balaban J connectivity index is 1.94. The molecule has 0 aliphatic rings. The first-order valence-electron chi connectivity index (χ1n) is 7.68. The minimum Gasteiger partial charge on any atom is -0.465 e. The number of unbranched alkanes of at least 4 members (excludes halogenated alkanes) is 2. The molecule has 0 aliphatic carbocycles. The molecule has 22 heavy (non-hydrogen) atoms. The molecule has 0 bridgehead atoms. The highest BCUT2D eigenvalue weighted by Gasteiger charge is 2.05. The molecule has 0 saturated carbocycles.